The Morgan fingerprint density at radius 3 is 2.16 bits per heavy atom. The third kappa shape index (κ3) is 2.85. The number of para-hydroxylation sites is 1. The molecule has 0 saturated heterocycles. The summed E-state index contributed by atoms with van der Waals surface area (Å²) in [5.41, 5.74) is 1.46. The number of benzene rings is 3. The van der Waals surface area contributed by atoms with Gasteiger partial charge in [-0.15, -0.1) is 0 Å². The third-order valence-corrected chi connectivity index (χ3v) is 4.53. The fourth-order valence-electron chi connectivity index (χ4n) is 3.33. The first kappa shape index (κ1) is 15.6. The SMILES string of the molecule is CC(C)(C)c1cccc2c1ccc1c(Oc3ccccc3)nccc12. The monoisotopic (exact) mass is 327 g/mol. The van der Waals surface area contributed by atoms with Gasteiger partial charge in [0.25, 0.3) is 0 Å². The summed E-state index contributed by atoms with van der Waals surface area (Å²) in [6.07, 6.45) is 1.82. The fourth-order valence-corrected chi connectivity index (χ4v) is 3.33. The molecule has 0 radical (unpaired) electrons. The van der Waals surface area contributed by atoms with Gasteiger partial charge in [-0.05, 0) is 51.4 Å². The summed E-state index contributed by atoms with van der Waals surface area (Å²) < 4.78 is 6.03. The molecular weight excluding hydrogens is 306 g/mol. The Kier molecular flexibility index (Phi) is 3.69. The van der Waals surface area contributed by atoms with Gasteiger partial charge in [-0.2, -0.15) is 0 Å². The van der Waals surface area contributed by atoms with Crippen molar-refractivity contribution in [2.75, 3.05) is 0 Å². The molecule has 0 fully saturated rings. The molecule has 1 heterocycles. The minimum atomic E-state index is 0.101. The summed E-state index contributed by atoms with van der Waals surface area (Å²) in [5.74, 6) is 1.44. The van der Waals surface area contributed by atoms with E-state index < -0.39 is 0 Å². The average Bonchev–Trinajstić information content (AvgIpc) is 2.61. The van der Waals surface area contributed by atoms with Crippen molar-refractivity contribution in [2.45, 2.75) is 26.2 Å². The van der Waals surface area contributed by atoms with Crippen LogP contribution >= 0.6 is 0 Å². The lowest BCUT2D eigenvalue weighted by Crippen LogP contribution is -2.11. The average molecular weight is 327 g/mol. The predicted octanol–water partition coefficient (Wildman–Crippen LogP) is 6.48. The second-order valence-electron chi connectivity index (χ2n) is 7.34. The Labute approximate surface area is 148 Å². The molecule has 4 rings (SSSR count). The van der Waals surface area contributed by atoms with Crippen molar-refractivity contribution in [1.29, 1.82) is 0 Å². The van der Waals surface area contributed by atoms with Crippen LogP contribution in [0.2, 0.25) is 0 Å². The van der Waals surface area contributed by atoms with Crippen LogP contribution in [0, 0.1) is 0 Å². The number of hydrogen-bond donors (Lipinski definition) is 0. The van der Waals surface area contributed by atoms with Crippen molar-refractivity contribution >= 4 is 21.5 Å². The summed E-state index contributed by atoms with van der Waals surface area (Å²) in [6, 6.07) is 22.7. The molecular formula is C23H21NO. The van der Waals surface area contributed by atoms with E-state index in [0.29, 0.717) is 5.88 Å². The Balaban J connectivity index is 1.93. The molecule has 1 aromatic heterocycles. The van der Waals surface area contributed by atoms with E-state index >= 15 is 0 Å². The van der Waals surface area contributed by atoms with Crippen molar-refractivity contribution in [3.63, 3.8) is 0 Å². The number of pyridine rings is 1. The smallest absolute Gasteiger partial charge is 0.227 e. The van der Waals surface area contributed by atoms with Gasteiger partial charge in [-0.25, -0.2) is 4.98 Å². The maximum Gasteiger partial charge on any atom is 0.227 e. The molecule has 0 atom stereocenters. The van der Waals surface area contributed by atoms with Crippen LogP contribution in [0.3, 0.4) is 0 Å². The Morgan fingerprint density at radius 1 is 0.680 bits per heavy atom. The van der Waals surface area contributed by atoms with Crippen molar-refractivity contribution in [3.05, 3.63) is 78.5 Å². The molecule has 3 aromatic carbocycles. The van der Waals surface area contributed by atoms with Crippen LogP contribution in [0.25, 0.3) is 21.5 Å². The van der Waals surface area contributed by atoms with Crippen LogP contribution in [-0.2, 0) is 5.41 Å². The summed E-state index contributed by atoms with van der Waals surface area (Å²) >= 11 is 0. The zero-order valence-electron chi connectivity index (χ0n) is 14.8. The van der Waals surface area contributed by atoms with Crippen LogP contribution in [0.1, 0.15) is 26.3 Å². The number of nitrogens with zero attached hydrogens (tertiary/aromatic N) is 1. The van der Waals surface area contributed by atoms with Crippen LogP contribution in [-0.4, -0.2) is 4.98 Å². The van der Waals surface area contributed by atoms with E-state index in [1.54, 1.807) is 0 Å². The number of ether oxygens (including phenoxy) is 1. The van der Waals surface area contributed by atoms with Crippen molar-refractivity contribution < 1.29 is 4.74 Å². The van der Waals surface area contributed by atoms with Gasteiger partial charge < -0.3 is 4.74 Å². The lowest BCUT2D eigenvalue weighted by atomic mass is 9.83. The van der Waals surface area contributed by atoms with E-state index in [-0.39, 0.29) is 5.41 Å². The van der Waals surface area contributed by atoms with Crippen molar-refractivity contribution in [3.8, 4) is 11.6 Å². The fraction of sp³-hybridized carbons (Fsp3) is 0.174. The summed E-state index contributed by atoms with van der Waals surface area (Å²) in [4.78, 5) is 4.46. The normalized spacial score (nSPS) is 11.8. The standard InChI is InChI=1S/C23H21NO/c1-23(2,3)21-11-7-10-17-18-14-15-24-22(20(18)13-12-19(17)21)25-16-8-5-4-6-9-16/h4-15H,1-3H3. The molecule has 4 aromatic rings. The predicted molar refractivity (Wildman–Crippen MR) is 104 cm³/mol. The lowest BCUT2D eigenvalue weighted by molar-refractivity contribution is 0.469. The number of aromatic nitrogens is 1. The minimum absolute atomic E-state index is 0.101. The quantitative estimate of drug-likeness (QED) is 0.393. The van der Waals surface area contributed by atoms with Gasteiger partial charge >= 0.3 is 0 Å². The van der Waals surface area contributed by atoms with Gasteiger partial charge in [-0.1, -0.05) is 63.2 Å². The molecule has 0 aliphatic rings. The molecule has 0 unspecified atom stereocenters. The summed E-state index contributed by atoms with van der Waals surface area (Å²) in [7, 11) is 0. The van der Waals surface area contributed by atoms with E-state index in [1.165, 1.54) is 21.7 Å². The Morgan fingerprint density at radius 2 is 1.40 bits per heavy atom. The molecule has 2 nitrogen and oxygen atoms in total. The highest BCUT2D eigenvalue weighted by Gasteiger charge is 2.18. The van der Waals surface area contributed by atoms with Gasteiger partial charge in [0.1, 0.15) is 5.75 Å². The minimum Gasteiger partial charge on any atom is -0.438 e. The largest absolute Gasteiger partial charge is 0.438 e. The van der Waals surface area contributed by atoms with E-state index in [2.05, 4.69) is 62.2 Å². The highest BCUT2D eigenvalue weighted by molar-refractivity contribution is 6.10. The number of fused-ring (bicyclic) bond motifs is 3. The Hall–Kier alpha value is -2.87. The first-order valence-electron chi connectivity index (χ1n) is 8.58. The van der Waals surface area contributed by atoms with Crippen LogP contribution in [0.15, 0.2) is 72.9 Å². The second-order valence-corrected chi connectivity index (χ2v) is 7.34. The maximum absolute atomic E-state index is 6.03. The van der Waals surface area contributed by atoms with E-state index in [9.17, 15) is 0 Å². The van der Waals surface area contributed by atoms with Gasteiger partial charge in [0, 0.05) is 11.6 Å². The lowest BCUT2D eigenvalue weighted by Gasteiger charge is -2.22. The van der Waals surface area contributed by atoms with Crippen molar-refractivity contribution in [1.82, 2.24) is 4.98 Å². The first-order chi connectivity index (χ1) is 12.0. The summed E-state index contributed by atoms with van der Waals surface area (Å²) in [5, 5.41) is 4.74. The van der Waals surface area contributed by atoms with Crippen LogP contribution in [0.4, 0.5) is 0 Å². The molecule has 2 heteroatoms. The topological polar surface area (TPSA) is 22.1 Å². The maximum atomic E-state index is 6.03. The van der Waals surface area contributed by atoms with Gasteiger partial charge in [0.05, 0.1) is 0 Å². The van der Waals surface area contributed by atoms with Crippen LogP contribution in [0.5, 0.6) is 11.6 Å². The molecule has 0 saturated carbocycles. The molecule has 0 aliphatic heterocycles. The van der Waals surface area contributed by atoms with E-state index in [0.717, 1.165) is 11.1 Å². The van der Waals surface area contributed by atoms with Crippen LogP contribution < -0.4 is 4.74 Å². The molecule has 124 valence electrons. The van der Waals surface area contributed by atoms with E-state index in [4.69, 9.17) is 4.74 Å². The first-order valence-corrected chi connectivity index (χ1v) is 8.58. The second kappa shape index (κ2) is 5.89. The zero-order valence-corrected chi connectivity index (χ0v) is 14.8. The van der Waals surface area contributed by atoms with E-state index in [1.807, 2.05) is 36.5 Å². The van der Waals surface area contributed by atoms with Gasteiger partial charge in [0.2, 0.25) is 5.88 Å². The molecule has 0 aliphatic carbocycles. The van der Waals surface area contributed by atoms with Gasteiger partial charge in [-0.3, -0.25) is 0 Å². The molecule has 25 heavy (non-hydrogen) atoms. The summed E-state index contributed by atoms with van der Waals surface area (Å²) in [6.45, 7) is 6.76. The Bertz CT molecular complexity index is 1050. The molecule has 0 bridgehead atoms. The molecule has 0 spiro atoms. The molecule has 0 N–H and O–H groups in total. The number of rotatable bonds is 2. The third-order valence-electron chi connectivity index (χ3n) is 4.53. The highest BCUT2D eigenvalue weighted by atomic mass is 16.5. The van der Waals surface area contributed by atoms with Gasteiger partial charge in [0.15, 0.2) is 0 Å². The number of hydrogen-bond acceptors (Lipinski definition) is 2. The zero-order chi connectivity index (χ0) is 17.4. The van der Waals surface area contributed by atoms with Crippen molar-refractivity contribution in [2.24, 2.45) is 0 Å². The highest BCUT2D eigenvalue weighted by Crippen LogP contribution is 2.36. The molecule has 0 amide bonds.